The van der Waals surface area contributed by atoms with E-state index in [0.29, 0.717) is 19.0 Å². The molecule has 0 aromatic heterocycles. The number of likely N-dealkylation sites (tertiary alicyclic amines) is 1. The minimum absolute atomic E-state index is 0.172. The maximum absolute atomic E-state index is 11.8. The summed E-state index contributed by atoms with van der Waals surface area (Å²) < 4.78 is 0. The molecule has 4 heteroatoms. The van der Waals surface area contributed by atoms with Gasteiger partial charge in [0, 0.05) is 30.6 Å². The van der Waals surface area contributed by atoms with Crippen LogP contribution >= 0.6 is 0 Å². The van der Waals surface area contributed by atoms with Crippen molar-refractivity contribution in [2.75, 3.05) is 13.1 Å². The third-order valence-corrected chi connectivity index (χ3v) is 4.04. The van der Waals surface area contributed by atoms with Crippen LogP contribution in [0.1, 0.15) is 46.0 Å². The summed E-state index contributed by atoms with van der Waals surface area (Å²) in [6.07, 6.45) is 5.26. The maximum Gasteiger partial charge on any atom is 0.221 e. The lowest BCUT2D eigenvalue weighted by atomic mass is 9.99. The molecule has 3 N–H and O–H groups in total. The number of nitrogens with two attached hydrogens (primary N) is 1. The molecule has 0 aromatic rings. The largest absolute Gasteiger partial charge is 0.353 e. The van der Waals surface area contributed by atoms with Gasteiger partial charge in [-0.05, 0) is 46.1 Å². The summed E-state index contributed by atoms with van der Waals surface area (Å²) in [5.74, 6) is 0.172. The van der Waals surface area contributed by atoms with Gasteiger partial charge in [0.1, 0.15) is 0 Å². The topological polar surface area (TPSA) is 58.4 Å². The molecule has 0 radical (unpaired) electrons. The molecule has 98 valence electrons. The van der Waals surface area contributed by atoms with Crippen LogP contribution in [0.4, 0.5) is 0 Å². The van der Waals surface area contributed by atoms with Crippen LogP contribution in [-0.2, 0) is 4.79 Å². The van der Waals surface area contributed by atoms with Gasteiger partial charge in [-0.15, -0.1) is 0 Å². The minimum atomic E-state index is 0.172. The molecule has 1 aliphatic carbocycles. The average molecular weight is 239 g/mol. The lowest BCUT2D eigenvalue weighted by molar-refractivity contribution is -0.122. The summed E-state index contributed by atoms with van der Waals surface area (Å²) in [5.41, 5.74) is 6.05. The van der Waals surface area contributed by atoms with E-state index in [1.165, 1.54) is 12.8 Å². The van der Waals surface area contributed by atoms with Gasteiger partial charge in [0.25, 0.3) is 0 Å². The molecule has 0 aromatic carbocycles. The molecule has 1 amide bonds. The molecule has 1 unspecified atom stereocenters. The van der Waals surface area contributed by atoms with Gasteiger partial charge in [-0.3, -0.25) is 9.69 Å². The Balaban J connectivity index is 1.88. The SMILES string of the molecule is CC1(C)CCCN1C(CN)CC(=O)NC1CC1. The quantitative estimate of drug-likeness (QED) is 0.748. The molecule has 2 fully saturated rings. The Morgan fingerprint density at radius 1 is 1.53 bits per heavy atom. The van der Waals surface area contributed by atoms with Crippen molar-refractivity contribution in [3.63, 3.8) is 0 Å². The smallest absolute Gasteiger partial charge is 0.221 e. The highest BCUT2D eigenvalue weighted by Gasteiger charge is 2.37. The van der Waals surface area contributed by atoms with Crippen LogP contribution in [0.15, 0.2) is 0 Å². The summed E-state index contributed by atoms with van der Waals surface area (Å²) in [5, 5.41) is 3.05. The second-order valence-corrected chi connectivity index (χ2v) is 6.04. The molecule has 1 heterocycles. The van der Waals surface area contributed by atoms with Crippen LogP contribution in [0.5, 0.6) is 0 Å². The molecule has 0 spiro atoms. The van der Waals surface area contributed by atoms with Crippen molar-refractivity contribution < 1.29 is 4.79 Å². The van der Waals surface area contributed by atoms with Crippen LogP contribution in [0.25, 0.3) is 0 Å². The van der Waals surface area contributed by atoms with E-state index in [4.69, 9.17) is 5.73 Å². The first-order valence-electron chi connectivity index (χ1n) is 6.79. The highest BCUT2D eigenvalue weighted by atomic mass is 16.1. The third kappa shape index (κ3) is 3.19. The Labute approximate surface area is 104 Å². The van der Waals surface area contributed by atoms with Gasteiger partial charge in [-0.1, -0.05) is 0 Å². The zero-order chi connectivity index (χ0) is 12.5. The highest BCUT2D eigenvalue weighted by Crippen LogP contribution is 2.31. The fraction of sp³-hybridized carbons (Fsp3) is 0.923. The van der Waals surface area contributed by atoms with E-state index in [-0.39, 0.29) is 17.5 Å². The van der Waals surface area contributed by atoms with Gasteiger partial charge in [-0.2, -0.15) is 0 Å². The van der Waals surface area contributed by atoms with Crippen LogP contribution in [0.2, 0.25) is 0 Å². The fourth-order valence-electron chi connectivity index (χ4n) is 2.85. The first-order chi connectivity index (χ1) is 8.03. The summed E-state index contributed by atoms with van der Waals surface area (Å²) in [7, 11) is 0. The van der Waals surface area contributed by atoms with E-state index in [1.807, 2.05) is 0 Å². The van der Waals surface area contributed by atoms with Gasteiger partial charge >= 0.3 is 0 Å². The zero-order valence-corrected chi connectivity index (χ0v) is 11.0. The third-order valence-electron chi connectivity index (χ3n) is 4.04. The predicted molar refractivity (Wildman–Crippen MR) is 68.6 cm³/mol. The summed E-state index contributed by atoms with van der Waals surface area (Å²) in [6, 6.07) is 0.652. The van der Waals surface area contributed by atoms with Crippen molar-refractivity contribution >= 4 is 5.91 Å². The van der Waals surface area contributed by atoms with E-state index in [0.717, 1.165) is 19.4 Å². The lowest BCUT2D eigenvalue weighted by Gasteiger charge is -2.37. The van der Waals surface area contributed by atoms with Gasteiger partial charge < -0.3 is 11.1 Å². The number of rotatable bonds is 5. The van der Waals surface area contributed by atoms with E-state index >= 15 is 0 Å². The molecule has 4 nitrogen and oxygen atoms in total. The second kappa shape index (κ2) is 4.94. The number of carbonyl (C=O) groups is 1. The van der Waals surface area contributed by atoms with Crippen molar-refractivity contribution in [1.29, 1.82) is 0 Å². The molecule has 2 aliphatic rings. The number of hydrogen-bond acceptors (Lipinski definition) is 3. The van der Waals surface area contributed by atoms with Crippen LogP contribution < -0.4 is 11.1 Å². The van der Waals surface area contributed by atoms with Gasteiger partial charge in [0.2, 0.25) is 5.91 Å². The first kappa shape index (κ1) is 12.8. The van der Waals surface area contributed by atoms with Crippen LogP contribution in [0, 0.1) is 0 Å². The Morgan fingerprint density at radius 3 is 2.71 bits per heavy atom. The molecule has 2 rings (SSSR count). The number of hydrogen-bond donors (Lipinski definition) is 2. The monoisotopic (exact) mass is 239 g/mol. The molecule has 1 atom stereocenters. The number of nitrogens with zero attached hydrogens (tertiary/aromatic N) is 1. The van der Waals surface area contributed by atoms with E-state index in [2.05, 4.69) is 24.1 Å². The molecule has 0 bridgehead atoms. The fourth-order valence-corrected chi connectivity index (χ4v) is 2.85. The van der Waals surface area contributed by atoms with Gasteiger partial charge in [0.05, 0.1) is 0 Å². The van der Waals surface area contributed by atoms with Crippen LogP contribution in [0.3, 0.4) is 0 Å². The Morgan fingerprint density at radius 2 is 2.24 bits per heavy atom. The van der Waals surface area contributed by atoms with Crippen molar-refractivity contribution in [3.05, 3.63) is 0 Å². The number of amides is 1. The Hall–Kier alpha value is -0.610. The Kier molecular flexibility index (Phi) is 3.73. The first-order valence-corrected chi connectivity index (χ1v) is 6.79. The Bertz CT molecular complexity index is 286. The second-order valence-electron chi connectivity index (χ2n) is 6.04. The van der Waals surface area contributed by atoms with E-state index < -0.39 is 0 Å². The molecule has 17 heavy (non-hydrogen) atoms. The van der Waals surface area contributed by atoms with Crippen molar-refractivity contribution in [3.8, 4) is 0 Å². The van der Waals surface area contributed by atoms with E-state index in [1.54, 1.807) is 0 Å². The maximum atomic E-state index is 11.8. The normalized spacial score (nSPS) is 25.8. The molecule has 1 saturated carbocycles. The van der Waals surface area contributed by atoms with Crippen molar-refractivity contribution in [2.45, 2.75) is 63.6 Å². The molecule has 1 saturated heterocycles. The summed E-state index contributed by atoms with van der Waals surface area (Å²) >= 11 is 0. The predicted octanol–water partition coefficient (Wildman–Crippen LogP) is 0.857. The highest BCUT2D eigenvalue weighted by molar-refractivity contribution is 5.77. The zero-order valence-electron chi connectivity index (χ0n) is 11.0. The average Bonchev–Trinajstić information content (AvgIpc) is 2.98. The van der Waals surface area contributed by atoms with Gasteiger partial charge in [-0.25, -0.2) is 0 Å². The number of carbonyl (C=O) groups excluding carboxylic acids is 1. The van der Waals surface area contributed by atoms with Crippen molar-refractivity contribution in [1.82, 2.24) is 10.2 Å². The summed E-state index contributed by atoms with van der Waals surface area (Å²) in [6.45, 7) is 6.15. The number of nitrogens with one attached hydrogen (secondary N) is 1. The molecular weight excluding hydrogens is 214 g/mol. The van der Waals surface area contributed by atoms with E-state index in [9.17, 15) is 4.79 Å². The van der Waals surface area contributed by atoms with Gasteiger partial charge in [0.15, 0.2) is 0 Å². The summed E-state index contributed by atoms with van der Waals surface area (Å²) in [4.78, 5) is 14.3. The minimum Gasteiger partial charge on any atom is -0.353 e. The molecule has 1 aliphatic heterocycles. The van der Waals surface area contributed by atoms with Crippen LogP contribution in [-0.4, -0.2) is 41.5 Å². The van der Waals surface area contributed by atoms with Crippen molar-refractivity contribution in [2.24, 2.45) is 5.73 Å². The lowest BCUT2D eigenvalue weighted by Crippen LogP contribution is -2.50. The molecular formula is C13H25N3O. The standard InChI is InChI=1S/C13H25N3O/c1-13(2)6-3-7-16(13)11(9-14)8-12(17)15-10-4-5-10/h10-11H,3-9,14H2,1-2H3,(H,15,17).